The van der Waals surface area contributed by atoms with E-state index >= 15 is 0 Å². The molecule has 1 aliphatic rings. The van der Waals surface area contributed by atoms with Crippen molar-refractivity contribution in [3.05, 3.63) is 78.1 Å². The number of amides is 1. The van der Waals surface area contributed by atoms with Crippen molar-refractivity contribution >= 4 is 5.91 Å². The number of likely N-dealkylation sites (tertiary alicyclic amines) is 1. The van der Waals surface area contributed by atoms with Crippen LogP contribution in [-0.4, -0.2) is 43.4 Å². The number of pyridine rings is 2. The molecule has 3 aromatic rings. The van der Waals surface area contributed by atoms with Gasteiger partial charge in [-0.15, -0.1) is 0 Å². The van der Waals surface area contributed by atoms with Gasteiger partial charge in [0.1, 0.15) is 5.82 Å². The highest BCUT2D eigenvalue weighted by Crippen LogP contribution is 2.27. The predicted octanol–water partition coefficient (Wildman–Crippen LogP) is 2.88. The lowest BCUT2D eigenvalue weighted by Crippen LogP contribution is -2.40. The van der Waals surface area contributed by atoms with Gasteiger partial charge in [0, 0.05) is 50.0 Å². The number of hydrogen-bond acceptors (Lipinski definition) is 4. The Balaban J connectivity index is 1.52. The molecule has 0 saturated carbocycles. The summed E-state index contributed by atoms with van der Waals surface area (Å²) in [5.41, 5.74) is 1.17. The second kappa shape index (κ2) is 7.65. The summed E-state index contributed by atoms with van der Waals surface area (Å²) < 4.78 is 16.0. The lowest BCUT2D eigenvalue weighted by atomic mass is 9.96. The van der Waals surface area contributed by atoms with Gasteiger partial charge in [-0.05, 0) is 30.5 Å². The number of aromatic nitrogens is 4. The lowest BCUT2D eigenvalue weighted by molar-refractivity contribution is 0.0698. The molecule has 0 spiro atoms. The van der Waals surface area contributed by atoms with Crippen molar-refractivity contribution in [2.45, 2.75) is 25.3 Å². The van der Waals surface area contributed by atoms with Crippen molar-refractivity contribution < 1.29 is 9.18 Å². The molecule has 1 saturated heterocycles. The van der Waals surface area contributed by atoms with Gasteiger partial charge in [-0.1, -0.05) is 6.07 Å². The summed E-state index contributed by atoms with van der Waals surface area (Å²) in [6.07, 6.45) is 11.7. The zero-order valence-corrected chi connectivity index (χ0v) is 14.8. The molecule has 1 amide bonds. The van der Waals surface area contributed by atoms with Crippen LogP contribution in [0.3, 0.4) is 0 Å². The molecule has 0 N–H and O–H groups in total. The minimum Gasteiger partial charge on any atom is -0.338 e. The summed E-state index contributed by atoms with van der Waals surface area (Å²) >= 11 is 0. The van der Waals surface area contributed by atoms with Crippen molar-refractivity contribution in [1.82, 2.24) is 24.4 Å². The Morgan fingerprint density at radius 3 is 2.89 bits per heavy atom. The highest BCUT2D eigenvalue weighted by Gasteiger charge is 2.29. The molecule has 1 atom stereocenters. The quantitative estimate of drug-likeness (QED) is 0.713. The zero-order valence-electron chi connectivity index (χ0n) is 14.8. The number of piperidine rings is 1. The highest BCUT2D eigenvalue weighted by atomic mass is 19.1. The number of halogens is 1. The molecule has 7 heteroatoms. The van der Waals surface area contributed by atoms with E-state index in [-0.39, 0.29) is 17.4 Å². The first-order valence-corrected chi connectivity index (χ1v) is 9.01. The van der Waals surface area contributed by atoms with Crippen LogP contribution in [0.2, 0.25) is 0 Å². The highest BCUT2D eigenvalue weighted by molar-refractivity contribution is 5.94. The average Bonchev–Trinajstić information content (AvgIpc) is 3.17. The molecule has 3 aromatic heterocycles. The molecule has 0 aliphatic carbocycles. The first kappa shape index (κ1) is 17.3. The van der Waals surface area contributed by atoms with E-state index in [4.69, 9.17) is 0 Å². The maximum absolute atomic E-state index is 13.9. The molecule has 1 fully saturated rings. The number of nitrogens with zero attached hydrogens (tertiary/aromatic N) is 5. The minimum absolute atomic E-state index is 0.0735. The van der Waals surface area contributed by atoms with Crippen LogP contribution >= 0.6 is 0 Å². The van der Waals surface area contributed by atoms with Gasteiger partial charge in [0.25, 0.3) is 5.91 Å². The summed E-state index contributed by atoms with van der Waals surface area (Å²) in [5, 5.41) is 0. The SMILES string of the molecule is O=C(c1ccncc1F)N1CCC[C@@H](c2nccn2Cc2cccnc2)C1. The van der Waals surface area contributed by atoms with Crippen molar-refractivity contribution in [3.63, 3.8) is 0 Å². The second-order valence-corrected chi connectivity index (χ2v) is 6.72. The molecular weight excluding hydrogens is 345 g/mol. The van der Waals surface area contributed by atoms with Gasteiger partial charge in [0.05, 0.1) is 18.3 Å². The molecule has 6 nitrogen and oxygen atoms in total. The summed E-state index contributed by atoms with van der Waals surface area (Å²) in [6.45, 7) is 1.84. The van der Waals surface area contributed by atoms with Crippen molar-refractivity contribution in [3.8, 4) is 0 Å². The van der Waals surface area contributed by atoms with Gasteiger partial charge in [-0.25, -0.2) is 9.37 Å². The molecule has 4 rings (SSSR count). The van der Waals surface area contributed by atoms with Crippen LogP contribution in [0.15, 0.2) is 55.4 Å². The molecule has 138 valence electrons. The normalized spacial score (nSPS) is 17.1. The molecule has 0 unspecified atom stereocenters. The second-order valence-electron chi connectivity index (χ2n) is 6.72. The first-order chi connectivity index (χ1) is 13.2. The fraction of sp³-hybridized carbons (Fsp3) is 0.300. The Bertz CT molecular complexity index is 927. The number of rotatable bonds is 4. The topological polar surface area (TPSA) is 63.9 Å². The molecule has 27 heavy (non-hydrogen) atoms. The average molecular weight is 365 g/mol. The van der Waals surface area contributed by atoms with E-state index in [1.807, 2.05) is 24.5 Å². The predicted molar refractivity (Wildman–Crippen MR) is 97.6 cm³/mol. The van der Waals surface area contributed by atoms with Crippen LogP contribution in [0.4, 0.5) is 4.39 Å². The van der Waals surface area contributed by atoms with Gasteiger partial charge >= 0.3 is 0 Å². The third-order valence-corrected chi connectivity index (χ3v) is 4.90. The van der Waals surface area contributed by atoms with Gasteiger partial charge < -0.3 is 9.47 Å². The van der Waals surface area contributed by atoms with Crippen molar-refractivity contribution in [1.29, 1.82) is 0 Å². The van der Waals surface area contributed by atoms with Crippen molar-refractivity contribution in [2.24, 2.45) is 0 Å². The zero-order chi connectivity index (χ0) is 18.6. The largest absolute Gasteiger partial charge is 0.338 e. The Hall–Kier alpha value is -3.09. The molecule has 0 radical (unpaired) electrons. The number of imidazole rings is 1. The van der Waals surface area contributed by atoms with Crippen LogP contribution in [0.25, 0.3) is 0 Å². The third kappa shape index (κ3) is 3.72. The third-order valence-electron chi connectivity index (χ3n) is 4.90. The number of carbonyl (C=O) groups is 1. The summed E-state index contributed by atoms with van der Waals surface area (Å²) in [4.78, 5) is 26.9. The fourth-order valence-corrected chi connectivity index (χ4v) is 3.59. The molecule has 0 aromatic carbocycles. The smallest absolute Gasteiger partial charge is 0.256 e. The van der Waals surface area contributed by atoms with Crippen LogP contribution < -0.4 is 0 Å². The Kier molecular flexibility index (Phi) is 4.91. The van der Waals surface area contributed by atoms with Gasteiger partial charge in [-0.3, -0.25) is 14.8 Å². The Morgan fingerprint density at radius 2 is 2.07 bits per heavy atom. The van der Waals surface area contributed by atoms with Gasteiger partial charge in [0.2, 0.25) is 0 Å². The van der Waals surface area contributed by atoms with Gasteiger partial charge in [-0.2, -0.15) is 0 Å². The van der Waals surface area contributed by atoms with Crippen LogP contribution in [0.5, 0.6) is 0 Å². The molecular formula is C20H20FN5O. The van der Waals surface area contributed by atoms with E-state index in [0.717, 1.165) is 30.4 Å². The summed E-state index contributed by atoms with van der Waals surface area (Å²) in [5.74, 6) is 0.207. The lowest BCUT2D eigenvalue weighted by Gasteiger charge is -2.32. The van der Waals surface area contributed by atoms with Crippen LogP contribution in [-0.2, 0) is 6.54 Å². The van der Waals surface area contributed by atoms with Crippen LogP contribution in [0.1, 0.15) is 40.5 Å². The molecule has 4 heterocycles. The van der Waals surface area contributed by atoms with E-state index in [1.54, 1.807) is 17.3 Å². The molecule has 0 bridgehead atoms. The van der Waals surface area contributed by atoms with E-state index in [9.17, 15) is 9.18 Å². The van der Waals surface area contributed by atoms with E-state index in [2.05, 4.69) is 19.5 Å². The fourth-order valence-electron chi connectivity index (χ4n) is 3.59. The van der Waals surface area contributed by atoms with Crippen molar-refractivity contribution in [2.75, 3.05) is 13.1 Å². The van der Waals surface area contributed by atoms with E-state index < -0.39 is 5.82 Å². The monoisotopic (exact) mass is 365 g/mol. The van der Waals surface area contributed by atoms with Gasteiger partial charge in [0.15, 0.2) is 5.82 Å². The van der Waals surface area contributed by atoms with Crippen LogP contribution in [0, 0.1) is 5.82 Å². The first-order valence-electron chi connectivity index (χ1n) is 9.01. The maximum atomic E-state index is 13.9. The molecule has 1 aliphatic heterocycles. The standard InChI is InChI=1S/C20H20FN5O/c21-18-12-23-7-5-17(18)20(27)26-9-2-4-16(14-26)19-24-8-10-25(19)13-15-3-1-6-22-11-15/h1,3,5-8,10-12,16H,2,4,9,13-14H2/t16-/m1/s1. The maximum Gasteiger partial charge on any atom is 0.256 e. The Labute approximate surface area is 156 Å². The minimum atomic E-state index is -0.581. The number of hydrogen-bond donors (Lipinski definition) is 0. The Morgan fingerprint density at radius 1 is 1.19 bits per heavy atom. The van der Waals surface area contributed by atoms with E-state index in [0.29, 0.717) is 19.6 Å². The summed E-state index contributed by atoms with van der Waals surface area (Å²) in [6, 6.07) is 5.38. The number of carbonyl (C=O) groups excluding carboxylic acids is 1. The summed E-state index contributed by atoms with van der Waals surface area (Å²) in [7, 11) is 0. The van der Waals surface area contributed by atoms with E-state index in [1.165, 1.54) is 12.3 Å².